The van der Waals surface area contributed by atoms with Gasteiger partial charge in [-0.2, -0.15) is 4.68 Å². The summed E-state index contributed by atoms with van der Waals surface area (Å²) < 4.78 is 7.34. The van der Waals surface area contributed by atoms with E-state index in [9.17, 15) is 9.59 Å². The number of aromatic nitrogens is 5. The van der Waals surface area contributed by atoms with Gasteiger partial charge in [-0.3, -0.25) is 4.79 Å². The van der Waals surface area contributed by atoms with Crippen molar-refractivity contribution in [2.45, 2.75) is 13.5 Å². The highest BCUT2D eigenvalue weighted by atomic mass is 16.5. The molecule has 0 atom stereocenters. The number of ether oxygens (including phenoxy) is 1. The molecule has 28 heavy (non-hydrogen) atoms. The van der Waals surface area contributed by atoms with Gasteiger partial charge in [0.05, 0.1) is 12.3 Å². The Hall–Kier alpha value is -3.81. The first-order valence-electron chi connectivity index (χ1n) is 8.81. The van der Waals surface area contributed by atoms with Gasteiger partial charge in [0.15, 0.2) is 0 Å². The Morgan fingerprint density at radius 1 is 0.964 bits per heavy atom. The minimum Gasteiger partial charge on any atom is -0.465 e. The van der Waals surface area contributed by atoms with E-state index < -0.39 is 11.7 Å². The molecule has 2 aromatic carbocycles. The highest BCUT2D eigenvalue weighted by Crippen LogP contribution is 2.29. The van der Waals surface area contributed by atoms with E-state index in [1.807, 2.05) is 60.7 Å². The molecule has 0 fully saturated rings. The molecule has 8 nitrogen and oxygen atoms in total. The van der Waals surface area contributed by atoms with Crippen LogP contribution in [-0.2, 0) is 16.1 Å². The van der Waals surface area contributed by atoms with E-state index in [0.717, 1.165) is 15.8 Å². The number of benzene rings is 2. The number of carbonyl (C=O) groups is 1. The highest BCUT2D eigenvalue weighted by Gasteiger charge is 2.20. The monoisotopic (exact) mass is 375 g/mol. The molecule has 4 rings (SSSR count). The van der Waals surface area contributed by atoms with Gasteiger partial charge in [0.1, 0.15) is 12.2 Å². The van der Waals surface area contributed by atoms with Crippen LogP contribution in [0.5, 0.6) is 0 Å². The summed E-state index contributed by atoms with van der Waals surface area (Å²) in [6, 6.07) is 18.9. The first-order valence-corrected chi connectivity index (χ1v) is 8.81. The van der Waals surface area contributed by atoms with Crippen molar-refractivity contribution in [3.8, 4) is 22.5 Å². The van der Waals surface area contributed by atoms with Gasteiger partial charge in [-0.05, 0) is 6.92 Å². The maximum absolute atomic E-state index is 13.0. The van der Waals surface area contributed by atoms with Crippen molar-refractivity contribution < 1.29 is 9.53 Å². The number of fused-ring (bicyclic) bond motifs is 1. The highest BCUT2D eigenvalue weighted by molar-refractivity contribution is 5.79. The fourth-order valence-electron chi connectivity index (χ4n) is 2.99. The van der Waals surface area contributed by atoms with E-state index >= 15 is 0 Å². The maximum Gasteiger partial charge on any atom is 0.352 e. The number of hydrogen-bond donors (Lipinski definition) is 0. The van der Waals surface area contributed by atoms with Crippen LogP contribution in [-0.4, -0.2) is 37.0 Å². The molecule has 2 aromatic heterocycles. The van der Waals surface area contributed by atoms with Gasteiger partial charge in [0.25, 0.3) is 5.78 Å². The van der Waals surface area contributed by atoms with Crippen molar-refractivity contribution in [2.24, 2.45) is 0 Å². The zero-order chi connectivity index (χ0) is 19.5. The largest absolute Gasteiger partial charge is 0.465 e. The van der Waals surface area contributed by atoms with Gasteiger partial charge in [-0.25, -0.2) is 9.20 Å². The van der Waals surface area contributed by atoms with Gasteiger partial charge in [-0.1, -0.05) is 60.7 Å². The minimum absolute atomic E-state index is 0.118. The Morgan fingerprint density at radius 3 is 2.25 bits per heavy atom. The molecule has 0 radical (unpaired) electrons. The minimum atomic E-state index is -0.537. The van der Waals surface area contributed by atoms with Crippen molar-refractivity contribution in [1.29, 1.82) is 0 Å². The van der Waals surface area contributed by atoms with E-state index in [1.165, 1.54) is 4.40 Å². The second-order valence-electron chi connectivity index (χ2n) is 6.01. The second kappa shape index (κ2) is 7.43. The van der Waals surface area contributed by atoms with Crippen LogP contribution in [0, 0.1) is 0 Å². The molecule has 0 saturated carbocycles. The van der Waals surface area contributed by atoms with Gasteiger partial charge in [0, 0.05) is 11.1 Å². The van der Waals surface area contributed by atoms with Crippen molar-refractivity contribution >= 4 is 11.7 Å². The maximum atomic E-state index is 13.0. The Kier molecular flexibility index (Phi) is 4.67. The van der Waals surface area contributed by atoms with Crippen LogP contribution in [0.1, 0.15) is 6.92 Å². The van der Waals surface area contributed by atoms with E-state index in [4.69, 9.17) is 4.74 Å². The average molecular weight is 375 g/mol. The van der Waals surface area contributed by atoms with Gasteiger partial charge < -0.3 is 4.74 Å². The van der Waals surface area contributed by atoms with Crippen molar-refractivity contribution in [3.05, 3.63) is 71.1 Å². The molecule has 140 valence electrons. The molecule has 0 amide bonds. The molecule has 0 N–H and O–H groups in total. The topological polar surface area (TPSA) is 91.4 Å². The van der Waals surface area contributed by atoms with Gasteiger partial charge in [0.2, 0.25) is 0 Å². The molecule has 0 spiro atoms. The van der Waals surface area contributed by atoms with Gasteiger partial charge in [-0.15, -0.1) is 15.3 Å². The molecule has 0 aliphatic carbocycles. The van der Waals surface area contributed by atoms with Gasteiger partial charge >= 0.3 is 11.7 Å². The van der Waals surface area contributed by atoms with Crippen LogP contribution in [0.15, 0.2) is 65.5 Å². The first-order chi connectivity index (χ1) is 13.7. The predicted molar refractivity (Wildman–Crippen MR) is 103 cm³/mol. The van der Waals surface area contributed by atoms with E-state index in [2.05, 4.69) is 15.3 Å². The Bertz CT molecular complexity index is 1180. The summed E-state index contributed by atoms with van der Waals surface area (Å²) in [5, 5.41) is 12.6. The molecule has 8 heteroatoms. The standard InChI is InChI=1S/C20H17N5O3/c1-2-28-16(26)13-24-20(27)25-18(15-11-7-4-8-12-15)17(21-22-19(25)23-24)14-9-5-3-6-10-14/h3-12H,2,13H2,1H3. The van der Waals surface area contributed by atoms with Crippen LogP contribution >= 0.6 is 0 Å². The molecule has 0 unspecified atom stereocenters. The third-order valence-electron chi connectivity index (χ3n) is 4.19. The van der Waals surface area contributed by atoms with E-state index in [0.29, 0.717) is 11.4 Å². The normalized spacial score (nSPS) is 10.9. The fraction of sp³-hybridized carbons (Fsp3) is 0.150. The summed E-state index contributed by atoms with van der Waals surface area (Å²) in [4.78, 5) is 24.9. The fourth-order valence-corrected chi connectivity index (χ4v) is 2.99. The smallest absolute Gasteiger partial charge is 0.352 e. The van der Waals surface area contributed by atoms with Crippen LogP contribution in [0.2, 0.25) is 0 Å². The van der Waals surface area contributed by atoms with E-state index in [1.54, 1.807) is 6.92 Å². The van der Waals surface area contributed by atoms with Crippen LogP contribution in [0.25, 0.3) is 28.3 Å². The lowest BCUT2D eigenvalue weighted by Crippen LogP contribution is -2.26. The molecular formula is C20H17N5O3. The quantitative estimate of drug-likeness (QED) is 0.497. The molecular weight excluding hydrogens is 358 g/mol. The summed E-state index contributed by atoms with van der Waals surface area (Å²) in [6.07, 6.45) is 0. The van der Waals surface area contributed by atoms with Crippen LogP contribution < -0.4 is 5.69 Å². The molecule has 0 bridgehead atoms. The summed E-state index contributed by atoms with van der Waals surface area (Å²) in [5.74, 6) is -0.418. The van der Waals surface area contributed by atoms with Crippen LogP contribution in [0.3, 0.4) is 0 Å². The molecule has 0 aliphatic rings. The molecule has 4 aromatic rings. The zero-order valence-corrected chi connectivity index (χ0v) is 15.1. The Morgan fingerprint density at radius 2 is 1.61 bits per heavy atom. The SMILES string of the molecule is CCOC(=O)Cn1nc2nnc(-c3ccccc3)c(-c3ccccc3)n2c1=O. The molecule has 0 saturated heterocycles. The zero-order valence-electron chi connectivity index (χ0n) is 15.1. The predicted octanol–water partition coefficient (Wildman–Crippen LogP) is 2.18. The number of hydrogen-bond acceptors (Lipinski definition) is 6. The summed E-state index contributed by atoms with van der Waals surface area (Å²) >= 11 is 0. The van der Waals surface area contributed by atoms with Crippen molar-refractivity contribution in [1.82, 2.24) is 24.4 Å². The first kappa shape index (κ1) is 17.6. The summed E-state index contributed by atoms with van der Waals surface area (Å²) in [7, 11) is 0. The molecule has 0 aliphatic heterocycles. The third-order valence-corrected chi connectivity index (χ3v) is 4.19. The Balaban J connectivity index is 1.98. The third kappa shape index (κ3) is 3.16. The Labute approximate surface area is 160 Å². The lowest BCUT2D eigenvalue weighted by Gasteiger charge is -2.09. The molecule has 2 heterocycles. The van der Waals surface area contributed by atoms with Crippen molar-refractivity contribution in [3.63, 3.8) is 0 Å². The summed E-state index contributed by atoms with van der Waals surface area (Å²) in [6.45, 7) is 1.65. The number of rotatable bonds is 5. The lowest BCUT2D eigenvalue weighted by atomic mass is 10.0. The van der Waals surface area contributed by atoms with Crippen LogP contribution in [0.4, 0.5) is 0 Å². The van der Waals surface area contributed by atoms with Crippen molar-refractivity contribution in [2.75, 3.05) is 6.61 Å². The lowest BCUT2D eigenvalue weighted by molar-refractivity contribution is -0.144. The van der Waals surface area contributed by atoms with E-state index in [-0.39, 0.29) is 18.9 Å². The second-order valence-corrected chi connectivity index (χ2v) is 6.01. The number of esters is 1. The number of nitrogens with zero attached hydrogens (tertiary/aromatic N) is 5. The summed E-state index contributed by atoms with van der Waals surface area (Å²) in [5.41, 5.74) is 2.25. The average Bonchev–Trinajstić information content (AvgIpc) is 3.04. The number of carbonyl (C=O) groups excluding carboxylic acids is 1.